The van der Waals surface area contributed by atoms with Gasteiger partial charge in [-0.25, -0.2) is 21.6 Å². The van der Waals surface area contributed by atoms with E-state index in [0.717, 1.165) is 38.9 Å². The van der Waals surface area contributed by atoms with Crippen molar-refractivity contribution < 1.29 is 21.6 Å². The Morgan fingerprint density at radius 3 is 2.32 bits per heavy atom. The fraction of sp³-hybridized carbons (Fsp3) is 0.760. The number of alkyl halides is 2. The molecule has 4 aliphatic rings. The Hall–Kier alpha value is -0.990. The van der Waals surface area contributed by atoms with E-state index in [2.05, 4.69) is 16.5 Å². The van der Waals surface area contributed by atoms with Gasteiger partial charge < -0.3 is 4.90 Å². The Kier molecular flexibility index (Phi) is 7.27. The first kappa shape index (κ1) is 26.1. The van der Waals surface area contributed by atoms with Crippen molar-refractivity contribution in [1.82, 2.24) is 4.90 Å². The Morgan fingerprint density at radius 2 is 1.74 bits per heavy atom. The highest BCUT2D eigenvalue weighted by atomic mass is 35.5. The van der Waals surface area contributed by atoms with Gasteiger partial charge in [-0.3, -0.25) is 4.72 Å². The Bertz CT molecular complexity index is 980. The highest BCUT2D eigenvalue weighted by Crippen LogP contribution is 2.66. The molecule has 0 aromatic heterocycles. The summed E-state index contributed by atoms with van der Waals surface area (Å²) in [6, 6.07) is 4.64. The normalized spacial score (nSPS) is 31.1. The summed E-state index contributed by atoms with van der Waals surface area (Å²) in [5.41, 5.74) is 0.904. The van der Waals surface area contributed by atoms with Crippen molar-refractivity contribution in [2.24, 2.45) is 17.8 Å². The number of fused-ring (bicyclic) bond motifs is 1. The number of piperidine rings is 1. The van der Waals surface area contributed by atoms with Gasteiger partial charge in [-0.1, -0.05) is 6.92 Å². The van der Waals surface area contributed by atoms with Crippen molar-refractivity contribution >= 4 is 28.1 Å². The number of nitrogens with one attached hydrogen (secondary N) is 1. The molecule has 1 saturated heterocycles. The predicted molar refractivity (Wildman–Crippen MR) is 131 cm³/mol. The highest BCUT2D eigenvalue weighted by Gasteiger charge is 2.68. The van der Waals surface area contributed by atoms with Gasteiger partial charge in [0.05, 0.1) is 5.25 Å². The lowest BCUT2D eigenvalue weighted by Gasteiger charge is -2.30. The molecule has 3 atom stereocenters. The summed E-state index contributed by atoms with van der Waals surface area (Å²) in [5, 5.41) is -0.315. The largest absolute Gasteiger partial charge is 0.303 e. The third-order valence-corrected chi connectivity index (χ3v) is 10.7. The zero-order valence-electron chi connectivity index (χ0n) is 19.7. The van der Waals surface area contributed by atoms with Crippen molar-refractivity contribution in [1.29, 1.82) is 0 Å². The first-order chi connectivity index (χ1) is 15.6. The zero-order valence-corrected chi connectivity index (χ0v) is 21.4. The van der Waals surface area contributed by atoms with Crippen molar-refractivity contribution in [3.05, 3.63) is 29.6 Å². The molecule has 1 unspecified atom stereocenters. The van der Waals surface area contributed by atoms with E-state index in [4.69, 9.17) is 0 Å². The van der Waals surface area contributed by atoms with Gasteiger partial charge in [-0.2, -0.15) is 0 Å². The number of halogens is 4. The molecule has 1 aromatic rings. The average molecular weight is 521 g/mol. The Labute approximate surface area is 207 Å². The number of hydrogen-bond donors (Lipinski definition) is 1. The topological polar surface area (TPSA) is 49.4 Å². The molecule has 3 saturated carbocycles. The Balaban J connectivity index is 0.00000274. The zero-order chi connectivity index (χ0) is 23.4. The second-order valence-electron chi connectivity index (χ2n) is 10.8. The van der Waals surface area contributed by atoms with Crippen LogP contribution in [0.5, 0.6) is 0 Å². The summed E-state index contributed by atoms with van der Waals surface area (Å²) < 4.78 is 68.9. The lowest BCUT2D eigenvalue weighted by molar-refractivity contribution is -0.0468. The highest BCUT2D eigenvalue weighted by molar-refractivity contribution is 7.93. The van der Waals surface area contributed by atoms with Crippen molar-refractivity contribution in [3.8, 4) is 0 Å². The molecule has 0 amide bonds. The summed E-state index contributed by atoms with van der Waals surface area (Å²) in [6.07, 6.45) is 5.60. The molecular formula is C25H36ClF3N2O2S. The molecule has 192 valence electrons. The monoisotopic (exact) mass is 520 g/mol. The maximum absolute atomic E-state index is 14.9. The number of sulfonamides is 1. The van der Waals surface area contributed by atoms with E-state index in [1.807, 2.05) is 0 Å². The van der Waals surface area contributed by atoms with Crippen molar-refractivity contribution in [2.45, 2.75) is 81.3 Å². The smallest absolute Gasteiger partial charge is 0.248 e. The van der Waals surface area contributed by atoms with Crippen LogP contribution in [-0.4, -0.2) is 44.1 Å². The molecule has 3 aliphatic carbocycles. The minimum Gasteiger partial charge on any atom is -0.303 e. The van der Waals surface area contributed by atoms with E-state index in [1.165, 1.54) is 12.1 Å². The van der Waals surface area contributed by atoms with Crippen LogP contribution in [0, 0.1) is 23.6 Å². The van der Waals surface area contributed by atoms with Crippen LogP contribution in [0.3, 0.4) is 0 Å². The summed E-state index contributed by atoms with van der Waals surface area (Å²) in [4.78, 5) is 2.44. The lowest BCUT2D eigenvalue weighted by Crippen LogP contribution is -2.32. The van der Waals surface area contributed by atoms with Crippen LogP contribution in [0.1, 0.15) is 70.3 Å². The van der Waals surface area contributed by atoms with E-state index in [1.54, 1.807) is 6.07 Å². The number of likely N-dealkylation sites (tertiary alicyclic amines) is 1. The number of nitrogens with zero attached hydrogens (tertiary/aromatic N) is 1. The van der Waals surface area contributed by atoms with Crippen LogP contribution >= 0.6 is 12.4 Å². The number of anilines is 1. The van der Waals surface area contributed by atoms with Gasteiger partial charge >= 0.3 is 0 Å². The molecule has 0 spiro atoms. The first-order valence-electron chi connectivity index (χ1n) is 12.6. The number of benzene rings is 1. The van der Waals surface area contributed by atoms with Gasteiger partial charge in [-0.15, -0.1) is 12.4 Å². The molecule has 4 fully saturated rings. The standard InChI is InChI=1S/C25H35F3N2O2S.ClH/c1-2-25(20-14-18(5-8-23(20)26)29-33(31,32)19-6-7-19)21-15-30(16-22(21)25)13-3-4-17-9-11-24(27,28)12-10-17;/h5,8,14,17,19,21-22,29H,2-4,6-7,9-13,15-16H2,1H3;1H/t21-,22+,25?;. The quantitative estimate of drug-likeness (QED) is 0.436. The third kappa shape index (κ3) is 4.96. The Morgan fingerprint density at radius 1 is 1.09 bits per heavy atom. The van der Waals surface area contributed by atoms with Gasteiger partial charge in [0.25, 0.3) is 0 Å². The molecule has 1 heterocycles. The van der Waals surface area contributed by atoms with E-state index < -0.39 is 15.9 Å². The minimum atomic E-state index is -3.38. The fourth-order valence-corrected chi connectivity index (χ4v) is 8.05. The SMILES string of the molecule is CCC1(c2cc(NS(=O)(=O)C3CC3)ccc2F)[C@@H]2CN(CCCC3CCC(F)(F)CC3)C[C@@H]21.Cl. The third-order valence-electron chi connectivity index (χ3n) is 8.81. The van der Waals surface area contributed by atoms with E-state index in [-0.39, 0.29) is 41.7 Å². The van der Waals surface area contributed by atoms with E-state index in [0.29, 0.717) is 54.7 Å². The summed E-state index contributed by atoms with van der Waals surface area (Å²) in [5.74, 6) is -1.50. The van der Waals surface area contributed by atoms with Crippen LogP contribution in [0.2, 0.25) is 0 Å². The average Bonchev–Trinajstić information content (AvgIpc) is 3.67. The molecule has 1 N–H and O–H groups in total. The molecule has 0 radical (unpaired) electrons. The van der Waals surface area contributed by atoms with Gasteiger partial charge in [0, 0.05) is 37.0 Å². The number of hydrogen-bond acceptors (Lipinski definition) is 3. The molecular weight excluding hydrogens is 485 g/mol. The molecule has 0 bridgehead atoms. The van der Waals surface area contributed by atoms with Crippen LogP contribution in [0.15, 0.2) is 18.2 Å². The molecule has 1 aliphatic heterocycles. The van der Waals surface area contributed by atoms with Gasteiger partial charge in [-0.05, 0) is 93.0 Å². The molecule has 34 heavy (non-hydrogen) atoms. The molecule has 5 rings (SSSR count). The fourth-order valence-electron chi connectivity index (χ4n) is 6.68. The molecule has 1 aromatic carbocycles. The van der Waals surface area contributed by atoms with E-state index >= 15 is 0 Å². The van der Waals surface area contributed by atoms with E-state index in [9.17, 15) is 21.6 Å². The maximum atomic E-state index is 14.9. The van der Waals surface area contributed by atoms with Gasteiger partial charge in [0.15, 0.2) is 0 Å². The van der Waals surface area contributed by atoms with Crippen LogP contribution in [0.4, 0.5) is 18.9 Å². The summed E-state index contributed by atoms with van der Waals surface area (Å²) >= 11 is 0. The predicted octanol–water partition coefficient (Wildman–Crippen LogP) is 5.97. The van der Waals surface area contributed by atoms with Crippen molar-refractivity contribution in [2.75, 3.05) is 24.4 Å². The minimum absolute atomic E-state index is 0. The second-order valence-corrected chi connectivity index (χ2v) is 12.8. The van der Waals surface area contributed by atoms with Gasteiger partial charge in [0.2, 0.25) is 15.9 Å². The summed E-state index contributed by atoms with van der Waals surface area (Å²) in [7, 11) is -3.38. The van der Waals surface area contributed by atoms with Crippen LogP contribution < -0.4 is 4.72 Å². The van der Waals surface area contributed by atoms with Crippen LogP contribution in [-0.2, 0) is 15.4 Å². The number of rotatable bonds is 9. The van der Waals surface area contributed by atoms with Crippen LogP contribution in [0.25, 0.3) is 0 Å². The van der Waals surface area contributed by atoms with Gasteiger partial charge in [0.1, 0.15) is 5.82 Å². The first-order valence-corrected chi connectivity index (χ1v) is 14.1. The van der Waals surface area contributed by atoms with Crippen molar-refractivity contribution in [3.63, 3.8) is 0 Å². The molecule has 4 nitrogen and oxygen atoms in total. The maximum Gasteiger partial charge on any atom is 0.248 e. The summed E-state index contributed by atoms with van der Waals surface area (Å²) in [6.45, 7) is 4.93. The second kappa shape index (κ2) is 9.47. The lowest BCUT2D eigenvalue weighted by atomic mass is 9.84. The molecule has 9 heteroatoms.